The number of rotatable bonds is 3. The van der Waals surface area contributed by atoms with Crippen LogP contribution in [0.15, 0.2) is 12.7 Å². The molecular weight excluding hydrogens is 156 g/mol. The van der Waals surface area contributed by atoms with E-state index in [9.17, 15) is 4.79 Å². The Kier molecular flexibility index (Phi) is 3.96. The molecule has 0 unspecified atom stereocenters. The summed E-state index contributed by atoms with van der Waals surface area (Å²) in [4.78, 5) is 11.0. The van der Waals surface area contributed by atoms with Gasteiger partial charge in [0.25, 0.3) is 0 Å². The zero-order chi connectivity index (χ0) is 9.78. The number of esters is 1. The van der Waals surface area contributed by atoms with Gasteiger partial charge in [-0.3, -0.25) is 4.79 Å². The van der Waals surface area contributed by atoms with Gasteiger partial charge in [-0.2, -0.15) is 0 Å². The Morgan fingerprint density at radius 1 is 1.67 bits per heavy atom. The zero-order valence-corrected chi connectivity index (χ0v) is 7.83. The molecular formula is C9H16O3. The number of aliphatic hydroxyl groups excluding tert-OH is 1. The van der Waals surface area contributed by atoms with Gasteiger partial charge in [0.2, 0.25) is 0 Å². The largest absolute Gasteiger partial charge is 0.460 e. The highest BCUT2D eigenvalue weighted by Gasteiger charge is 2.17. The van der Waals surface area contributed by atoms with Crippen LogP contribution < -0.4 is 0 Å². The Hall–Kier alpha value is -0.830. The summed E-state index contributed by atoms with van der Waals surface area (Å²) in [6.45, 7) is 8.70. The summed E-state index contributed by atoms with van der Waals surface area (Å²) in [6.07, 6.45) is 0.477. The van der Waals surface area contributed by atoms with Gasteiger partial charge in [-0.1, -0.05) is 6.08 Å². The summed E-state index contributed by atoms with van der Waals surface area (Å²) < 4.78 is 4.96. The predicted molar refractivity (Wildman–Crippen MR) is 46.7 cm³/mol. The molecule has 0 radical (unpaired) electrons. The van der Waals surface area contributed by atoms with Crippen LogP contribution in [0.5, 0.6) is 0 Å². The molecule has 0 aromatic rings. The van der Waals surface area contributed by atoms with E-state index in [1.165, 1.54) is 6.08 Å². The van der Waals surface area contributed by atoms with E-state index in [1.54, 1.807) is 20.8 Å². The van der Waals surface area contributed by atoms with Crippen LogP contribution in [0.25, 0.3) is 0 Å². The highest BCUT2D eigenvalue weighted by molar-refractivity contribution is 5.70. The first-order valence-electron chi connectivity index (χ1n) is 3.87. The summed E-state index contributed by atoms with van der Waals surface area (Å²) in [5.74, 6) is -0.408. The third-order valence-electron chi connectivity index (χ3n) is 1.07. The number of carbonyl (C=O) groups is 1. The fraction of sp³-hybridized carbons (Fsp3) is 0.667. The molecule has 3 heteroatoms. The summed E-state index contributed by atoms with van der Waals surface area (Å²) in [5, 5.41) is 9.01. The molecule has 1 atom stereocenters. The molecule has 1 N–H and O–H groups in total. The normalized spacial score (nSPS) is 13.7. The van der Waals surface area contributed by atoms with Gasteiger partial charge < -0.3 is 9.84 Å². The van der Waals surface area contributed by atoms with Crippen molar-refractivity contribution in [2.75, 3.05) is 0 Å². The average molecular weight is 172 g/mol. The molecule has 0 fully saturated rings. The summed E-state index contributed by atoms with van der Waals surface area (Å²) in [6, 6.07) is 0. The zero-order valence-electron chi connectivity index (χ0n) is 7.83. The maximum atomic E-state index is 11.0. The Balaban J connectivity index is 3.82. The van der Waals surface area contributed by atoms with Gasteiger partial charge >= 0.3 is 5.97 Å². The molecule has 3 nitrogen and oxygen atoms in total. The molecule has 0 aliphatic heterocycles. The predicted octanol–water partition coefficient (Wildman–Crippen LogP) is 1.27. The van der Waals surface area contributed by atoms with Crippen LogP contribution >= 0.6 is 0 Å². The van der Waals surface area contributed by atoms with Crippen molar-refractivity contribution in [1.29, 1.82) is 0 Å². The number of carbonyl (C=O) groups excluding carboxylic acids is 1. The van der Waals surface area contributed by atoms with E-state index in [-0.39, 0.29) is 6.42 Å². The van der Waals surface area contributed by atoms with Gasteiger partial charge in [-0.05, 0) is 20.8 Å². The molecule has 0 amide bonds. The third-order valence-corrected chi connectivity index (χ3v) is 1.07. The van der Waals surface area contributed by atoms with Crippen LogP contribution in [0.4, 0.5) is 0 Å². The van der Waals surface area contributed by atoms with Crippen molar-refractivity contribution in [3.63, 3.8) is 0 Å². The van der Waals surface area contributed by atoms with Crippen molar-refractivity contribution in [3.05, 3.63) is 12.7 Å². The smallest absolute Gasteiger partial charge is 0.309 e. The fourth-order valence-electron chi connectivity index (χ4n) is 0.637. The van der Waals surface area contributed by atoms with Crippen molar-refractivity contribution in [2.24, 2.45) is 0 Å². The molecule has 0 saturated heterocycles. The van der Waals surface area contributed by atoms with Crippen molar-refractivity contribution in [2.45, 2.75) is 38.9 Å². The van der Waals surface area contributed by atoms with Gasteiger partial charge in [0.1, 0.15) is 5.60 Å². The number of hydrogen-bond acceptors (Lipinski definition) is 3. The van der Waals surface area contributed by atoms with Gasteiger partial charge in [-0.15, -0.1) is 6.58 Å². The minimum atomic E-state index is -0.806. The Labute approximate surface area is 73.0 Å². The summed E-state index contributed by atoms with van der Waals surface area (Å²) in [7, 11) is 0. The van der Waals surface area contributed by atoms with E-state index < -0.39 is 17.7 Å². The monoisotopic (exact) mass is 172 g/mol. The van der Waals surface area contributed by atoms with Gasteiger partial charge in [0, 0.05) is 0 Å². The van der Waals surface area contributed by atoms with Crippen LogP contribution in [-0.4, -0.2) is 22.8 Å². The van der Waals surface area contributed by atoms with E-state index in [2.05, 4.69) is 6.58 Å². The molecule has 70 valence electrons. The molecule has 0 bridgehead atoms. The van der Waals surface area contributed by atoms with Gasteiger partial charge in [-0.25, -0.2) is 0 Å². The molecule has 0 saturated carbocycles. The lowest BCUT2D eigenvalue weighted by atomic mass is 10.2. The van der Waals surface area contributed by atoms with Crippen molar-refractivity contribution in [1.82, 2.24) is 0 Å². The van der Waals surface area contributed by atoms with Gasteiger partial charge in [0.15, 0.2) is 0 Å². The number of hydrogen-bond donors (Lipinski definition) is 1. The average Bonchev–Trinajstić information content (AvgIpc) is 1.82. The molecule has 12 heavy (non-hydrogen) atoms. The molecule has 0 heterocycles. The quantitative estimate of drug-likeness (QED) is 0.515. The second-order valence-corrected chi connectivity index (χ2v) is 3.59. The van der Waals surface area contributed by atoms with Crippen LogP contribution in [0.1, 0.15) is 27.2 Å². The topological polar surface area (TPSA) is 46.5 Å². The maximum absolute atomic E-state index is 11.0. The van der Waals surface area contributed by atoms with Crippen molar-refractivity contribution in [3.8, 4) is 0 Å². The molecule has 0 aliphatic rings. The second kappa shape index (κ2) is 4.26. The van der Waals surface area contributed by atoms with E-state index in [0.717, 1.165) is 0 Å². The van der Waals surface area contributed by atoms with Crippen LogP contribution in [-0.2, 0) is 9.53 Å². The molecule has 0 aromatic heterocycles. The summed E-state index contributed by atoms with van der Waals surface area (Å²) >= 11 is 0. The van der Waals surface area contributed by atoms with E-state index in [0.29, 0.717) is 0 Å². The highest BCUT2D eigenvalue weighted by Crippen LogP contribution is 2.09. The molecule has 0 aromatic carbocycles. The lowest BCUT2D eigenvalue weighted by Gasteiger charge is -2.19. The SMILES string of the molecule is C=C[C@@H](O)CC(=O)OC(C)(C)C. The van der Waals surface area contributed by atoms with Crippen molar-refractivity contribution < 1.29 is 14.6 Å². The Morgan fingerprint density at radius 3 is 2.50 bits per heavy atom. The molecule has 0 aliphatic carbocycles. The maximum Gasteiger partial charge on any atom is 0.309 e. The van der Waals surface area contributed by atoms with E-state index in [1.807, 2.05) is 0 Å². The fourth-order valence-corrected chi connectivity index (χ4v) is 0.637. The van der Waals surface area contributed by atoms with Crippen molar-refractivity contribution >= 4 is 5.97 Å². The Bertz CT molecular complexity index is 167. The molecule has 0 rings (SSSR count). The first kappa shape index (κ1) is 11.2. The number of ether oxygens (including phenoxy) is 1. The number of aliphatic hydroxyl groups is 1. The standard InChI is InChI=1S/C9H16O3/c1-5-7(10)6-8(11)12-9(2,3)4/h5,7,10H,1,6H2,2-4H3/t7-/m1/s1. The molecule has 0 spiro atoms. The first-order valence-corrected chi connectivity index (χ1v) is 3.87. The van der Waals surface area contributed by atoms with Crippen LogP contribution in [0, 0.1) is 0 Å². The second-order valence-electron chi connectivity index (χ2n) is 3.59. The Morgan fingerprint density at radius 2 is 2.17 bits per heavy atom. The van der Waals surface area contributed by atoms with Gasteiger partial charge in [0.05, 0.1) is 12.5 Å². The van der Waals surface area contributed by atoms with Crippen LogP contribution in [0.2, 0.25) is 0 Å². The van der Waals surface area contributed by atoms with E-state index in [4.69, 9.17) is 9.84 Å². The van der Waals surface area contributed by atoms with Crippen LogP contribution in [0.3, 0.4) is 0 Å². The highest BCUT2D eigenvalue weighted by atomic mass is 16.6. The minimum Gasteiger partial charge on any atom is -0.460 e. The lowest BCUT2D eigenvalue weighted by Crippen LogP contribution is -2.25. The minimum absolute atomic E-state index is 0.0270. The first-order chi connectivity index (χ1) is 5.35. The summed E-state index contributed by atoms with van der Waals surface area (Å²) in [5.41, 5.74) is -0.488. The van der Waals surface area contributed by atoms with E-state index >= 15 is 0 Å². The third kappa shape index (κ3) is 5.92. The lowest BCUT2D eigenvalue weighted by molar-refractivity contribution is -0.156.